The summed E-state index contributed by atoms with van der Waals surface area (Å²) in [6, 6.07) is 10.1. The predicted molar refractivity (Wildman–Crippen MR) is 82.2 cm³/mol. The quantitative estimate of drug-likeness (QED) is 0.899. The van der Waals surface area contributed by atoms with Crippen LogP contribution in [0.25, 0.3) is 0 Å². The first-order valence-electron chi connectivity index (χ1n) is 7.74. The van der Waals surface area contributed by atoms with E-state index in [2.05, 4.69) is 49.9 Å². The fourth-order valence-corrected chi connectivity index (χ4v) is 3.16. The zero-order valence-electron chi connectivity index (χ0n) is 12.6. The first-order chi connectivity index (χ1) is 9.15. The molecule has 2 heteroatoms. The summed E-state index contributed by atoms with van der Waals surface area (Å²) in [5.41, 5.74) is 9.02. The molecule has 1 aliphatic heterocycles. The fourth-order valence-electron chi connectivity index (χ4n) is 3.16. The van der Waals surface area contributed by atoms with Crippen molar-refractivity contribution in [1.29, 1.82) is 0 Å². The number of piperidine rings is 1. The third kappa shape index (κ3) is 3.37. The number of likely N-dealkylation sites (tertiary alicyclic amines) is 1. The number of nitrogens with zero attached hydrogens (tertiary/aromatic N) is 1. The number of rotatable bonds is 4. The molecule has 106 valence electrons. The molecule has 2 rings (SSSR count). The molecule has 0 amide bonds. The molecule has 0 spiro atoms. The maximum Gasteiger partial charge on any atom is 0.0345 e. The topological polar surface area (TPSA) is 29.3 Å². The molecule has 1 fully saturated rings. The van der Waals surface area contributed by atoms with Crippen molar-refractivity contribution in [2.45, 2.75) is 52.1 Å². The van der Waals surface area contributed by atoms with Gasteiger partial charge >= 0.3 is 0 Å². The van der Waals surface area contributed by atoms with Crippen LogP contribution in [-0.4, -0.2) is 24.0 Å². The van der Waals surface area contributed by atoms with Gasteiger partial charge in [-0.15, -0.1) is 0 Å². The summed E-state index contributed by atoms with van der Waals surface area (Å²) in [5.74, 6) is 0.609. The van der Waals surface area contributed by atoms with Gasteiger partial charge in [-0.05, 0) is 36.3 Å². The molecule has 3 atom stereocenters. The van der Waals surface area contributed by atoms with Crippen LogP contribution in [0.5, 0.6) is 0 Å². The number of hydrogen-bond donors (Lipinski definition) is 1. The van der Waals surface area contributed by atoms with E-state index in [-0.39, 0.29) is 0 Å². The van der Waals surface area contributed by atoms with Crippen LogP contribution in [0.4, 0.5) is 0 Å². The molecule has 0 saturated carbocycles. The molecule has 19 heavy (non-hydrogen) atoms. The van der Waals surface area contributed by atoms with E-state index in [9.17, 15) is 0 Å². The van der Waals surface area contributed by atoms with Gasteiger partial charge in [-0.2, -0.15) is 0 Å². The average Bonchev–Trinajstić information content (AvgIpc) is 2.44. The summed E-state index contributed by atoms with van der Waals surface area (Å²) < 4.78 is 0. The minimum atomic E-state index is 0.385. The van der Waals surface area contributed by atoms with Crippen molar-refractivity contribution < 1.29 is 0 Å². The molecule has 1 aliphatic rings. The van der Waals surface area contributed by atoms with Crippen LogP contribution in [0.15, 0.2) is 24.3 Å². The summed E-state index contributed by atoms with van der Waals surface area (Å²) in [6.07, 6.45) is 3.42. The van der Waals surface area contributed by atoms with Crippen LogP contribution in [-0.2, 0) is 6.42 Å². The second-order valence-corrected chi connectivity index (χ2v) is 5.94. The summed E-state index contributed by atoms with van der Waals surface area (Å²) in [4.78, 5) is 2.62. The maximum atomic E-state index is 6.13. The average molecular weight is 260 g/mol. The summed E-state index contributed by atoms with van der Waals surface area (Å²) in [5, 5.41) is 0. The number of nitrogens with two attached hydrogens (primary N) is 1. The van der Waals surface area contributed by atoms with E-state index in [0.717, 1.165) is 25.9 Å². The SMILES string of the molecule is CCc1ccc(C(CC)N2CCC(N)C(C)C2)cc1. The maximum absolute atomic E-state index is 6.13. The minimum Gasteiger partial charge on any atom is -0.327 e. The molecule has 0 radical (unpaired) electrons. The molecule has 2 nitrogen and oxygen atoms in total. The van der Waals surface area contributed by atoms with E-state index in [4.69, 9.17) is 5.73 Å². The van der Waals surface area contributed by atoms with Gasteiger partial charge in [0.25, 0.3) is 0 Å². The Morgan fingerprint density at radius 1 is 1.26 bits per heavy atom. The lowest BCUT2D eigenvalue weighted by Gasteiger charge is -2.40. The zero-order valence-corrected chi connectivity index (χ0v) is 12.6. The number of benzene rings is 1. The second kappa shape index (κ2) is 6.53. The first kappa shape index (κ1) is 14.5. The Morgan fingerprint density at radius 3 is 2.47 bits per heavy atom. The molecule has 0 aromatic heterocycles. The smallest absolute Gasteiger partial charge is 0.0345 e. The Labute approximate surface area is 118 Å². The van der Waals surface area contributed by atoms with Crippen molar-refractivity contribution in [3.8, 4) is 0 Å². The number of hydrogen-bond acceptors (Lipinski definition) is 2. The number of aryl methyl sites for hydroxylation is 1. The molecular formula is C17H28N2. The van der Waals surface area contributed by atoms with Gasteiger partial charge in [0.05, 0.1) is 0 Å². The van der Waals surface area contributed by atoms with E-state index < -0.39 is 0 Å². The monoisotopic (exact) mass is 260 g/mol. The lowest BCUT2D eigenvalue weighted by molar-refractivity contribution is 0.113. The van der Waals surface area contributed by atoms with Gasteiger partial charge in [0.2, 0.25) is 0 Å². The van der Waals surface area contributed by atoms with Crippen molar-refractivity contribution in [3.63, 3.8) is 0 Å². The van der Waals surface area contributed by atoms with Crippen LogP contribution < -0.4 is 5.73 Å². The lowest BCUT2D eigenvalue weighted by Crippen LogP contribution is -2.47. The van der Waals surface area contributed by atoms with Crippen LogP contribution >= 0.6 is 0 Å². The van der Waals surface area contributed by atoms with E-state index >= 15 is 0 Å². The third-order valence-corrected chi connectivity index (χ3v) is 4.60. The van der Waals surface area contributed by atoms with Crippen molar-refractivity contribution in [2.24, 2.45) is 11.7 Å². The summed E-state index contributed by atoms with van der Waals surface area (Å²) in [7, 11) is 0. The van der Waals surface area contributed by atoms with Crippen molar-refractivity contribution in [1.82, 2.24) is 4.90 Å². The minimum absolute atomic E-state index is 0.385. The Kier molecular flexibility index (Phi) is 5.00. The van der Waals surface area contributed by atoms with Crippen molar-refractivity contribution in [3.05, 3.63) is 35.4 Å². The van der Waals surface area contributed by atoms with E-state index in [1.807, 2.05) is 0 Å². The molecule has 1 saturated heterocycles. The van der Waals surface area contributed by atoms with Gasteiger partial charge in [-0.25, -0.2) is 0 Å². The normalized spacial score (nSPS) is 26.3. The Bertz CT molecular complexity index is 385. The lowest BCUT2D eigenvalue weighted by atomic mass is 9.91. The van der Waals surface area contributed by atoms with Gasteiger partial charge in [0.15, 0.2) is 0 Å². The highest BCUT2D eigenvalue weighted by molar-refractivity contribution is 5.25. The van der Waals surface area contributed by atoms with Crippen LogP contribution in [0.1, 0.15) is 50.8 Å². The van der Waals surface area contributed by atoms with Crippen LogP contribution in [0.2, 0.25) is 0 Å². The van der Waals surface area contributed by atoms with Gasteiger partial charge < -0.3 is 5.73 Å². The third-order valence-electron chi connectivity index (χ3n) is 4.60. The molecule has 0 bridgehead atoms. The molecular weight excluding hydrogens is 232 g/mol. The van der Waals surface area contributed by atoms with Crippen LogP contribution in [0, 0.1) is 5.92 Å². The Balaban J connectivity index is 2.10. The predicted octanol–water partition coefficient (Wildman–Crippen LogP) is 3.37. The standard InChI is InChI=1S/C17H28N2/c1-4-14-6-8-15(9-7-14)17(5-2)19-11-10-16(18)13(3)12-19/h6-9,13,16-17H,4-5,10-12,18H2,1-3H3. The zero-order chi connectivity index (χ0) is 13.8. The highest BCUT2D eigenvalue weighted by Gasteiger charge is 2.27. The fraction of sp³-hybridized carbons (Fsp3) is 0.647. The highest BCUT2D eigenvalue weighted by atomic mass is 15.2. The van der Waals surface area contributed by atoms with E-state index in [1.54, 1.807) is 0 Å². The second-order valence-electron chi connectivity index (χ2n) is 5.94. The van der Waals surface area contributed by atoms with Gasteiger partial charge in [0, 0.05) is 25.2 Å². The first-order valence-corrected chi connectivity index (χ1v) is 7.74. The van der Waals surface area contributed by atoms with Gasteiger partial charge in [-0.3, -0.25) is 4.90 Å². The van der Waals surface area contributed by atoms with Crippen molar-refractivity contribution >= 4 is 0 Å². The molecule has 3 unspecified atom stereocenters. The summed E-state index contributed by atoms with van der Waals surface area (Å²) >= 11 is 0. The Morgan fingerprint density at radius 2 is 1.95 bits per heavy atom. The van der Waals surface area contributed by atoms with Crippen molar-refractivity contribution in [2.75, 3.05) is 13.1 Å². The van der Waals surface area contributed by atoms with E-state index in [0.29, 0.717) is 18.0 Å². The van der Waals surface area contributed by atoms with Gasteiger partial charge in [0.1, 0.15) is 0 Å². The molecule has 1 aromatic rings. The van der Waals surface area contributed by atoms with Gasteiger partial charge in [-0.1, -0.05) is 45.0 Å². The molecule has 1 aromatic carbocycles. The largest absolute Gasteiger partial charge is 0.327 e. The highest BCUT2D eigenvalue weighted by Crippen LogP contribution is 2.29. The summed E-state index contributed by atoms with van der Waals surface area (Å²) in [6.45, 7) is 9.05. The van der Waals surface area contributed by atoms with Crippen LogP contribution in [0.3, 0.4) is 0 Å². The molecule has 2 N–H and O–H groups in total. The van der Waals surface area contributed by atoms with E-state index in [1.165, 1.54) is 17.5 Å². The molecule has 1 heterocycles. The Hall–Kier alpha value is -0.860. The molecule has 0 aliphatic carbocycles.